The van der Waals surface area contributed by atoms with Crippen molar-refractivity contribution in [2.75, 3.05) is 0 Å². The minimum absolute atomic E-state index is 0.264. The highest BCUT2D eigenvalue weighted by atomic mass is 79.9. The van der Waals surface area contributed by atoms with E-state index in [-0.39, 0.29) is 5.56 Å². The lowest BCUT2D eigenvalue weighted by molar-refractivity contribution is 0.215. The van der Waals surface area contributed by atoms with Crippen LogP contribution < -0.4 is 0 Å². The molecule has 4 heteroatoms. The van der Waals surface area contributed by atoms with E-state index in [1.807, 2.05) is 13.0 Å². The Kier molecular flexibility index (Phi) is 4.20. The van der Waals surface area contributed by atoms with E-state index in [1.54, 1.807) is 24.3 Å². The largest absolute Gasteiger partial charge is 0.384 e. The molecule has 0 aromatic heterocycles. The Morgan fingerprint density at radius 2 is 1.83 bits per heavy atom. The number of aliphatic hydroxyl groups excluding tert-OH is 1. The standard InChI is InChI=1S/C14H11Br2FO/c1-8-2-3-9(6-12(8)16)14(18)11-7-10(15)4-5-13(11)17/h2-7,14,18H,1H3. The van der Waals surface area contributed by atoms with Crippen LogP contribution in [0.2, 0.25) is 0 Å². The second-order valence-electron chi connectivity index (χ2n) is 4.08. The first-order chi connectivity index (χ1) is 8.49. The van der Waals surface area contributed by atoms with Crippen molar-refractivity contribution in [3.05, 3.63) is 67.9 Å². The molecule has 1 unspecified atom stereocenters. The Balaban J connectivity index is 2.44. The molecule has 0 saturated carbocycles. The fraction of sp³-hybridized carbons (Fsp3) is 0.143. The van der Waals surface area contributed by atoms with E-state index in [9.17, 15) is 9.50 Å². The van der Waals surface area contributed by atoms with Crippen molar-refractivity contribution in [1.29, 1.82) is 0 Å². The van der Waals surface area contributed by atoms with Crippen LogP contribution in [0, 0.1) is 12.7 Å². The van der Waals surface area contributed by atoms with Crippen molar-refractivity contribution in [3.8, 4) is 0 Å². The summed E-state index contributed by atoms with van der Waals surface area (Å²) in [5, 5.41) is 10.2. The molecule has 0 saturated heterocycles. The SMILES string of the molecule is Cc1ccc(C(O)c2cc(Br)ccc2F)cc1Br. The molecular formula is C14H11Br2FO. The van der Waals surface area contributed by atoms with Gasteiger partial charge >= 0.3 is 0 Å². The third kappa shape index (κ3) is 2.82. The van der Waals surface area contributed by atoms with Gasteiger partial charge in [0.15, 0.2) is 0 Å². The molecule has 0 aliphatic heterocycles. The summed E-state index contributed by atoms with van der Waals surface area (Å²) in [6.45, 7) is 1.96. The summed E-state index contributed by atoms with van der Waals surface area (Å²) in [4.78, 5) is 0. The van der Waals surface area contributed by atoms with Crippen molar-refractivity contribution in [3.63, 3.8) is 0 Å². The molecule has 2 aromatic rings. The van der Waals surface area contributed by atoms with Gasteiger partial charge in [-0.05, 0) is 42.3 Å². The van der Waals surface area contributed by atoms with Crippen LogP contribution in [-0.2, 0) is 0 Å². The lowest BCUT2D eigenvalue weighted by Crippen LogP contribution is -2.03. The van der Waals surface area contributed by atoms with Gasteiger partial charge in [-0.25, -0.2) is 4.39 Å². The predicted molar refractivity (Wildman–Crippen MR) is 77.0 cm³/mol. The smallest absolute Gasteiger partial charge is 0.129 e. The third-order valence-corrected chi connectivity index (χ3v) is 4.11. The van der Waals surface area contributed by atoms with E-state index >= 15 is 0 Å². The Hall–Kier alpha value is -0.710. The van der Waals surface area contributed by atoms with Crippen molar-refractivity contribution in [1.82, 2.24) is 0 Å². The van der Waals surface area contributed by atoms with E-state index in [0.29, 0.717) is 5.56 Å². The average Bonchev–Trinajstić information content (AvgIpc) is 2.35. The topological polar surface area (TPSA) is 20.2 Å². The maximum Gasteiger partial charge on any atom is 0.129 e. The lowest BCUT2D eigenvalue weighted by atomic mass is 10.0. The van der Waals surface area contributed by atoms with Crippen LogP contribution in [0.1, 0.15) is 22.8 Å². The molecule has 0 radical (unpaired) electrons. The van der Waals surface area contributed by atoms with Crippen molar-refractivity contribution >= 4 is 31.9 Å². The monoisotopic (exact) mass is 372 g/mol. The minimum atomic E-state index is -0.973. The van der Waals surface area contributed by atoms with Crippen molar-refractivity contribution in [2.24, 2.45) is 0 Å². The molecule has 0 heterocycles. The van der Waals surface area contributed by atoms with Gasteiger partial charge in [-0.2, -0.15) is 0 Å². The van der Waals surface area contributed by atoms with Crippen LogP contribution in [-0.4, -0.2) is 5.11 Å². The Morgan fingerprint density at radius 3 is 2.50 bits per heavy atom. The molecule has 0 aliphatic rings. The number of rotatable bonds is 2. The molecule has 0 amide bonds. The number of aliphatic hydroxyl groups is 1. The zero-order valence-corrected chi connectivity index (χ0v) is 12.8. The highest BCUT2D eigenvalue weighted by Gasteiger charge is 2.16. The van der Waals surface area contributed by atoms with Crippen LogP contribution in [0.15, 0.2) is 45.3 Å². The molecule has 0 bridgehead atoms. The van der Waals surface area contributed by atoms with Crippen LogP contribution in [0.3, 0.4) is 0 Å². The summed E-state index contributed by atoms with van der Waals surface area (Å²) in [5.74, 6) is -0.414. The molecule has 1 nitrogen and oxygen atoms in total. The molecule has 0 spiro atoms. The number of halogens is 3. The Labute approximate surface area is 122 Å². The Morgan fingerprint density at radius 1 is 1.11 bits per heavy atom. The van der Waals surface area contributed by atoms with Gasteiger partial charge in [0.1, 0.15) is 11.9 Å². The van der Waals surface area contributed by atoms with Crippen molar-refractivity contribution < 1.29 is 9.50 Å². The average molecular weight is 374 g/mol. The Bertz CT molecular complexity index is 584. The quantitative estimate of drug-likeness (QED) is 0.805. The number of aryl methyl sites for hydroxylation is 1. The molecule has 94 valence electrons. The summed E-state index contributed by atoms with van der Waals surface area (Å²) in [7, 11) is 0. The van der Waals surface area contributed by atoms with Gasteiger partial charge in [-0.1, -0.05) is 44.0 Å². The van der Waals surface area contributed by atoms with Gasteiger partial charge in [-0.15, -0.1) is 0 Å². The summed E-state index contributed by atoms with van der Waals surface area (Å²) >= 11 is 6.68. The summed E-state index contributed by atoms with van der Waals surface area (Å²) in [6.07, 6.45) is -0.973. The molecule has 0 fully saturated rings. The molecule has 18 heavy (non-hydrogen) atoms. The highest BCUT2D eigenvalue weighted by molar-refractivity contribution is 9.10. The first-order valence-corrected chi connectivity index (χ1v) is 6.96. The summed E-state index contributed by atoms with van der Waals surface area (Å²) in [6, 6.07) is 10.0. The van der Waals surface area contributed by atoms with Gasteiger partial charge in [0.05, 0.1) is 0 Å². The number of hydrogen-bond acceptors (Lipinski definition) is 1. The van der Waals surface area contributed by atoms with Crippen LogP contribution in [0.4, 0.5) is 4.39 Å². The molecule has 0 aliphatic carbocycles. The summed E-state index contributed by atoms with van der Waals surface area (Å²) in [5.41, 5.74) is 1.99. The van der Waals surface area contributed by atoms with Gasteiger partial charge < -0.3 is 5.11 Å². The van der Waals surface area contributed by atoms with Gasteiger partial charge in [0.2, 0.25) is 0 Å². The van der Waals surface area contributed by atoms with Crippen LogP contribution >= 0.6 is 31.9 Å². The van der Waals surface area contributed by atoms with Crippen LogP contribution in [0.25, 0.3) is 0 Å². The molecule has 1 N–H and O–H groups in total. The van der Waals surface area contributed by atoms with E-state index < -0.39 is 11.9 Å². The molecule has 2 aromatic carbocycles. The molecule has 1 atom stereocenters. The van der Waals surface area contributed by atoms with E-state index in [1.165, 1.54) is 6.07 Å². The second kappa shape index (κ2) is 5.51. The first kappa shape index (κ1) is 13.7. The zero-order chi connectivity index (χ0) is 13.3. The number of hydrogen-bond donors (Lipinski definition) is 1. The van der Waals surface area contributed by atoms with Crippen molar-refractivity contribution in [2.45, 2.75) is 13.0 Å². The fourth-order valence-electron chi connectivity index (χ4n) is 1.68. The lowest BCUT2D eigenvalue weighted by Gasteiger charge is -2.14. The van der Waals surface area contributed by atoms with Gasteiger partial charge in [-0.3, -0.25) is 0 Å². The van der Waals surface area contributed by atoms with E-state index in [0.717, 1.165) is 14.5 Å². The third-order valence-electron chi connectivity index (χ3n) is 2.76. The molecular weight excluding hydrogens is 363 g/mol. The maximum absolute atomic E-state index is 13.7. The van der Waals surface area contributed by atoms with E-state index in [4.69, 9.17) is 0 Å². The summed E-state index contributed by atoms with van der Waals surface area (Å²) < 4.78 is 15.3. The fourth-order valence-corrected chi connectivity index (χ4v) is 2.46. The number of benzene rings is 2. The second-order valence-corrected chi connectivity index (χ2v) is 5.85. The van der Waals surface area contributed by atoms with Gasteiger partial charge in [0, 0.05) is 14.5 Å². The predicted octanol–water partition coefficient (Wildman–Crippen LogP) is 4.74. The van der Waals surface area contributed by atoms with Crippen LogP contribution in [0.5, 0.6) is 0 Å². The first-order valence-electron chi connectivity index (χ1n) is 5.38. The minimum Gasteiger partial charge on any atom is -0.384 e. The van der Waals surface area contributed by atoms with E-state index in [2.05, 4.69) is 31.9 Å². The zero-order valence-electron chi connectivity index (χ0n) is 9.62. The normalized spacial score (nSPS) is 12.5. The van der Waals surface area contributed by atoms with Gasteiger partial charge in [0.25, 0.3) is 0 Å². The highest BCUT2D eigenvalue weighted by Crippen LogP contribution is 2.29. The maximum atomic E-state index is 13.7. The molecule has 2 rings (SSSR count).